The molecule has 0 aliphatic carbocycles. The van der Waals surface area contributed by atoms with Gasteiger partial charge in [-0.25, -0.2) is 8.42 Å². The minimum Gasteiger partial charge on any atom is -0.223 e. The van der Waals surface area contributed by atoms with Gasteiger partial charge in [-0.3, -0.25) is 0 Å². The van der Waals surface area contributed by atoms with Gasteiger partial charge in [0.05, 0.1) is 20.7 Å². The summed E-state index contributed by atoms with van der Waals surface area (Å²) in [6, 6.07) is 13.2. The quantitative estimate of drug-likeness (QED) is 0.859. The third-order valence-corrected chi connectivity index (χ3v) is 4.89. The van der Waals surface area contributed by atoms with E-state index in [4.69, 9.17) is 23.2 Å². The predicted molar refractivity (Wildman–Crippen MR) is 73.8 cm³/mol. The summed E-state index contributed by atoms with van der Waals surface area (Å²) in [6.07, 6.45) is 0. The van der Waals surface area contributed by atoms with E-state index in [0.29, 0.717) is 20.5 Å². The molecule has 2 aromatic rings. The molecule has 0 fully saturated rings. The summed E-state index contributed by atoms with van der Waals surface area (Å²) in [7, 11) is -3.34. The SMILES string of the molecule is O=S(=O)(Cc1ccc(Cl)c(Cl)c1)c1ccccc1. The van der Waals surface area contributed by atoms with Crippen molar-refractivity contribution in [1.82, 2.24) is 0 Å². The molecule has 0 unspecified atom stereocenters. The molecule has 0 bridgehead atoms. The van der Waals surface area contributed by atoms with E-state index in [1.54, 1.807) is 48.5 Å². The lowest BCUT2D eigenvalue weighted by molar-refractivity contribution is 0.595. The lowest BCUT2D eigenvalue weighted by Crippen LogP contribution is -2.04. The van der Waals surface area contributed by atoms with Gasteiger partial charge in [0.2, 0.25) is 0 Å². The van der Waals surface area contributed by atoms with Crippen LogP contribution in [0.5, 0.6) is 0 Å². The highest BCUT2D eigenvalue weighted by Gasteiger charge is 2.15. The lowest BCUT2D eigenvalue weighted by atomic mass is 10.2. The Bertz CT molecular complexity index is 652. The molecule has 94 valence electrons. The molecular weight excluding hydrogens is 291 g/mol. The molecule has 0 N–H and O–H groups in total. The second-order valence-corrected chi connectivity index (χ2v) is 6.62. The Morgan fingerprint density at radius 3 is 2.17 bits per heavy atom. The molecule has 0 saturated heterocycles. The van der Waals surface area contributed by atoms with Crippen LogP contribution in [-0.4, -0.2) is 8.42 Å². The molecule has 2 rings (SSSR count). The Labute approximate surface area is 116 Å². The fourth-order valence-electron chi connectivity index (χ4n) is 1.56. The van der Waals surface area contributed by atoms with Crippen LogP contribution in [0.2, 0.25) is 10.0 Å². The first kappa shape index (κ1) is 13.4. The Morgan fingerprint density at radius 2 is 1.56 bits per heavy atom. The number of rotatable bonds is 3. The van der Waals surface area contributed by atoms with Gasteiger partial charge in [0, 0.05) is 0 Å². The fourth-order valence-corrected chi connectivity index (χ4v) is 3.24. The van der Waals surface area contributed by atoms with E-state index in [1.807, 2.05) is 0 Å². The van der Waals surface area contributed by atoms with E-state index in [0.717, 1.165) is 0 Å². The summed E-state index contributed by atoms with van der Waals surface area (Å²) in [5.74, 6) is -0.0894. The minimum absolute atomic E-state index is 0.0894. The molecule has 0 aliphatic rings. The van der Waals surface area contributed by atoms with Crippen LogP contribution in [0.15, 0.2) is 53.4 Å². The first-order valence-electron chi connectivity index (χ1n) is 5.21. The van der Waals surface area contributed by atoms with Crippen molar-refractivity contribution in [1.29, 1.82) is 0 Å². The Balaban J connectivity index is 2.31. The zero-order chi connectivity index (χ0) is 13.2. The zero-order valence-corrected chi connectivity index (χ0v) is 11.6. The third-order valence-electron chi connectivity index (χ3n) is 2.44. The second-order valence-electron chi connectivity index (χ2n) is 3.82. The molecule has 0 aromatic heterocycles. The predicted octanol–water partition coefficient (Wildman–Crippen LogP) is 3.97. The number of halogens is 2. The highest BCUT2D eigenvalue weighted by molar-refractivity contribution is 7.90. The van der Waals surface area contributed by atoms with Crippen LogP contribution >= 0.6 is 23.2 Å². The van der Waals surface area contributed by atoms with Crippen LogP contribution < -0.4 is 0 Å². The van der Waals surface area contributed by atoms with Crippen LogP contribution in [0.4, 0.5) is 0 Å². The molecule has 18 heavy (non-hydrogen) atoms. The fraction of sp³-hybridized carbons (Fsp3) is 0.0769. The van der Waals surface area contributed by atoms with Crippen LogP contribution in [-0.2, 0) is 15.6 Å². The van der Waals surface area contributed by atoms with Crippen molar-refractivity contribution in [2.45, 2.75) is 10.6 Å². The first-order chi connectivity index (χ1) is 8.49. The number of hydrogen-bond acceptors (Lipinski definition) is 2. The van der Waals surface area contributed by atoms with E-state index < -0.39 is 9.84 Å². The van der Waals surface area contributed by atoms with Crippen molar-refractivity contribution in [3.8, 4) is 0 Å². The van der Waals surface area contributed by atoms with Gasteiger partial charge < -0.3 is 0 Å². The summed E-state index contributed by atoms with van der Waals surface area (Å²) in [5.41, 5.74) is 0.619. The van der Waals surface area contributed by atoms with Gasteiger partial charge in [-0.15, -0.1) is 0 Å². The maximum absolute atomic E-state index is 12.1. The standard InChI is InChI=1S/C13H10Cl2O2S/c14-12-7-6-10(8-13(12)15)9-18(16,17)11-4-2-1-3-5-11/h1-8H,9H2. The topological polar surface area (TPSA) is 34.1 Å². The normalized spacial score (nSPS) is 11.4. The molecule has 0 spiro atoms. The van der Waals surface area contributed by atoms with E-state index in [-0.39, 0.29) is 5.75 Å². The van der Waals surface area contributed by atoms with E-state index >= 15 is 0 Å². The summed E-state index contributed by atoms with van der Waals surface area (Å²) >= 11 is 11.6. The van der Waals surface area contributed by atoms with Crippen LogP contribution in [0, 0.1) is 0 Å². The lowest BCUT2D eigenvalue weighted by Gasteiger charge is -2.05. The molecule has 0 saturated carbocycles. The first-order valence-corrected chi connectivity index (χ1v) is 7.61. The van der Waals surface area contributed by atoms with Gasteiger partial charge >= 0.3 is 0 Å². The monoisotopic (exact) mass is 300 g/mol. The number of hydrogen-bond donors (Lipinski definition) is 0. The van der Waals surface area contributed by atoms with Gasteiger partial charge in [-0.1, -0.05) is 47.5 Å². The van der Waals surface area contributed by atoms with Gasteiger partial charge in [0.15, 0.2) is 9.84 Å². The molecule has 2 aromatic carbocycles. The minimum atomic E-state index is -3.34. The largest absolute Gasteiger partial charge is 0.223 e. The van der Waals surface area contributed by atoms with Crippen molar-refractivity contribution in [3.05, 3.63) is 64.1 Å². The maximum Gasteiger partial charge on any atom is 0.182 e. The van der Waals surface area contributed by atoms with E-state index in [2.05, 4.69) is 0 Å². The second kappa shape index (κ2) is 5.31. The molecule has 0 aliphatic heterocycles. The average Bonchev–Trinajstić information content (AvgIpc) is 2.35. The van der Waals surface area contributed by atoms with E-state index in [9.17, 15) is 8.42 Å². The molecule has 0 amide bonds. The summed E-state index contributed by atoms with van der Waals surface area (Å²) < 4.78 is 24.2. The number of benzene rings is 2. The molecule has 0 radical (unpaired) electrons. The van der Waals surface area contributed by atoms with Crippen molar-refractivity contribution < 1.29 is 8.42 Å². The molecular formula is C13H10Cl2O2S. The van der Waals surface area contributed by atoms with Gasteiger partial charge in [0.25, 0.3) is 0 Å². The molecule has 2 nitrogen and oxygen atoms in total. The van der Waals surface area contributed by atoms with Gasteiger partial charge in [-0.05, 0) is 29.8 Å². The smallest absolute Gasteiger partial charge is 0.182 e. The molecule has 0 atom stereocenters. The highest BCUT2D eigenvalue weighted by Crippen LogP contribution is 2.24. The van der Waals surface area contributed by atoms with E-state index in [1.165, 1.54) is 0 Å². The highest BCUT2D eigenvalue weighted by atomic mass is 35.5. The zero-order valence-electron chi connectivity index (χ0n) is 9.31. The summed E-state index contributed by atoms with van der Waals surface area (Å²) in [6.45, 7) is 0. The molecule has 0 heterocycles. The number of sulfone groups is 1. The average molecular weight is 301 g/mol. The third kappa shape index (κ3) is 3.05. The summed E-state index contributed by atoms with van der Waals surface area (Å²) in [5, 5.41) is 0.773. The van der Waals surface area contributed by atoms with Gasteiger partial charge in [-0.2, -0.15) is 0 Å². The van der Waals surface area contributed by atoms with Crippen molar-refractivity contribution in [2.75, 3.05) is 0 Å². The maximum atomic E-state index is 12.1. The van der Waals surface area contributed by atoms with Crippen LogP contribution in [0.1, 0.15) is 5.56 Å². The Morgan fingerprint density at radius 1 is 0.889 bits per heavy atom. The molecule has 5 heteroatoms. The van der Waals surface area contributed by atoms with Crippen molar-refractivity contribution in [3.63, 3.8) is 0 Å². The summed E-state index contributed by atoms with van der Waals surface area (Å²) in [4.78, 5) is 0.302. The van der Waals surface area contributed by atoms with Crippen molar-refractivity contribution >= 4 is 33.0 Å². The Kier molecular flexibility index (Phi) is 3.95. The van der Waals surface area contributed by atoms with Crippen molar-refractivity contribution in [2.24, 2.45) is 0 Å². The van der Waals surface area contributed by atoms with Crippen LogP contribution in [0.25, 0.3) is 0 Å². The Hall–Kier alpha value is -1.03. The van der Waals surface area contributed by atoms with Crippen LogP contribution in [0.3, 0.4) is 0 Å². The van der Waals surface area contributed by atoms with Gasteiger partial charge in [0.1, 0.15) is 0 Å².